The van der Waals surface area contributed by atoms with E-state index in [4.69, 9.17) is 5.11 Å². The number of rotatable bonds is 3. The van der Waals surface area contributed by atoms with Crippen molar-refractivity contribution in [3.8, 4) is 5.75 Å². The van der Waals surface area contributed by atoms with Crippen LogP contribution in [-0.2, 0) is 0 Å². The summed E-state index contributed by atoms with van der Waals surface area (Å²) in [4.78, 5) is 12.1. The number of aliphatic hydroxyl groups is 1. The SMILES string of the molecule is O=C(NC1CCC(CO)CC1)c1cc(Br)ccc1O. The molecule has 1 aliphatic rings. The zero-order valence-corrected chi connectivity index (χ0v) is 12.2. The zero-order valence-electron chi connectivity index (χ0n) is 10.6. The van der Waals surface area contributed by atoms with Gasteiger partial charge in [-0.05, 0) is 49.8 Å². The molecule has 1 aromatic carbocycles. The minimum atomic E-state index is -0.244. The first-order valence-corrected chi connectivity index (χ1v) is 7.29. The number of carbonyl (C=O) groups is 1. The Morgan fingerprint density at radius 1 is 1.32 bits per heavy atom. The highest BCUT2D eigenvalue weighted by Crippen LogP contribution is 2.25. The summed E-state index contributed by atoms with van der Waals surface area (Å²) >= 11 is 3.29. The van der Waals surface area contributed by atoms with Gasteiger partial charge >= 0.3 is 0 Å². The van der Waals surface area contributed by atoms with E-state index in [9.17, 15) is 9.90 Å². The van der Waals surface area contributed by atoms with Gasteiger partial charge in [0.1, 0.15) is 5.75 Å². The Bertz CT molecular complexity index is 456. The summed E-state index contributed by atoms with van der Waals surface area (Å²) in [5.74, 6) is 0.114. The molecule has 19 heavy (non-hydrogen) atoms. The van der Waals surface area contributed by atoms with Crippen LogP contribution in [0.1, 0.15) is 36.0 Å². The van der Waals surface area contributed by atoms with E-state index in [1.807, 2.05) is 0 Å². The average Bonchev–Trinajstić information content (AvgIpc) is 2.42. The lowest BCUT2D eigenvalue weighted by atomic mass is 9.86. The van der Waals surface area contributed by atoms with E-state index in [-0.39, 0.29) is 24.3 Å². The molecule has 0 bridgehead atoms. The number of aromatic hydroxyl groups is 1. The van der Waals surface area contributed by atoms with E-state index in [1.54, 1.807) is 12.1 Å². The highest BCUT2D eigenvalue weighted by atomic mass is 79.9. The van der Waals surface area contributed by atoms with Crippen molar-refractivity contribution in [3.63, 3.8) is 0 Å². The molecule has 0 aromatic heterocycles. The molecule has 1 saturated carbocycles. The number of carbonyl (C=O) groups excluding carboxylic acids is 1. The molecule has 2 rings (SSSR count). The Morgan fingerprint density at radius 2 is 2.00 bits per heavy atom. The maximum atomic E-state index is 12.1. The number of phenolic OH excluding ortho intramolecular Hbond substituents is 1. The summed E-state index contributed by atoms with van der Waals surface area (Å²) in [6.07, 6.45) is 3.63. The number of halogens is 1. The summed E-state index contributed by atoms with van der Waals surface area (Å²) in [6, 6.07) is 4.94. The Morgan fingerprint density at radius 3 is 2.63 bits per heavy atom. The lowest BCUT2D eigenvalue weighted by Crippen LogP contribution is -2.38. The molecule has 1 aromatic rings. The molecule has 1 amide bonds. The Hall–Kier alpha value is -1.07. The normalized spacial score (nSPS) is 23.1. The fraction of sp³-hybridized carbons (Fsp3) is 0.500. The molecule has 0 radical (unpaired) electrons. The topological polar surface area (TPSA) is 69.6 Å². The second-order valence-corrected chi connectivity index (χ2v) is 5.95. The van der Waals surface area contributed by atoms with Crippen molar-refractivity contribution in [2.24, 2.45) is 5.92 Å². The second-order valence-electron chi connectivity index (χ2n) is 5.04. The Balaban J connectivity index is 1.96. The lowest BCUT2D eigenvalue weighted by molar-refractivity contribution is 0.0911. The highest BCUT2D eigenvalue weighted by Gasteiger charge is 2.23. The van der Waals surface area contributed by atoms with Gasteiger partial charge in [0.15, 0.2) is 0 Å². The number of hydrogen-bond donors (Lipinski definition) is 3. The van der Waals surface area contributed by atoms with Crippen LogP contribution in [-0.4, -0.2) is 28.8 Å². The molecule has 0 heterocycles. The third kappa shape index (κ3) is 3.70. The van der Waals surface area contributed by atoms with Crippen LogP contribution >= 0.6 is 15.9 Å². The standard InChI is InChI=1S/C14H18BrNO3/c15-10-3-6-13(18)12(7-10)14(19)16-11-4-1-9(8-17)2-5-11/h3,6-7,9,11,17-18H,1-2,4-5,8H2,(H,16,19). The van der Waals surface area contributed by atoms with Crippen molar-refractivity contribution in [1.82, 2.24) is 5.32 Å². The van der Waals surface area contributed by atoms with Crippen molar-refractivity contribution in [2.45, 2.75) is 31.7 Å². The second kappa shape index (κ2) is 6.39. The Kier molecular flexibility index (Phi) is 4.82. The summed E-state index contributed by atoms with van der Waals surface area (Å²) in [5, 5.41) is 21.7. The minimum absolute atomic E-state index is 0.00950. The molecular weight excluding hydrogens is 310 g/mol. The number of benzene rings is 1. The van der Waals surface area contributed by atoms with Crippen LogP contribution in [0.15, 0.2) is 22.7 Å². The van der Waals surface area contributed by atoms with Crippen LogP contribution in [0.5, 0.6) is 5.75 Å². The van der Waals surface area contributed by atoms with E-state index >= 15 is 0 Å². The van der Waals surface area contributed by atoms with Gasteiger partial charge < -0.3 is 15.5 Å². The molecule has 0 saturated heterocycles. The van der Waals surface area contributed by atoms with Crippen LogP contribution in [0.2, 0.25) is 0 Å². The maximum Gasteiger partial charge on any atom is 0.255 e. The van der Waals surface area contributed by atoms with E-state index in [0.717, 1.165) is 30.2 Å². The predicted molar refractivity (Wildman–Crippen MR) is 76.1 cm³/mol. The molecule has 0 aliphatic heterocycles. The smallest absolute Gasteiger partial charge is 0.255 e. The van der Waals surface area contributed by atoms with Gasteiger partial charge in [0.25, 0.3) is 5.91 Å². The Labute approximate surface area is 121 Å². The van der Waals surface area contributed by atoms with Gasteiger partial charge in [0.2, 0.25) is 0 Å². The van der Waals surface area contributed by atoms with Crippen LogP contribution in [0.3, 0.4) is 0 Å². The van der Waals surface area contributed by atoms with Gasteiger partial charge in [-0.25, -0.2) is 0 Å². The molecular formula is C14H18BrNO3. The molecule has 4 nitrogen and oxygen atoms in total. The molecule has 104 valence electrons. The van der Waals surface area contributed by atoms with Crippen LogP contribution in [0, 0.1) is 5.92 Å². The number of aliphatic hydroxyl groups excluding tert-OH is 1. The number of phenols is 1. The van der Waals surface area contributed by atoms with Crippen LogP contribution in [0.4, 0.5) is 0 Å². The van der Waals surface area contributed by atoms with E-state index in [0.29, 0.717) is 11.5 Å². The number of amides is 1. The fourth-order valence-corrected chi connectivity index (χ4v) is 2.80. The zero-order chi connectivity index (χ0) is 13.8. The largest absolute Gasteiger partial charge is 0.507 e. The van der Waals surface area contributed by atoms with Crippen LogP contribution in [0.25, 0.3) is 0 Å². The molecule has 3 N–H and O–H groups in total. The van der Waals surface area contributed by atoms with Gasteiger partial charge in [-0.3, -0.25) is 4.79 Å². The van der Waals surface area contributed by atoms with Gasteiger partial charge in [0.05, 0.1) is 5.56 Å². The van der Waals surface area contributed by atoms with Crippen molar-refractivity contribution < 1.29 is 15.0 Å². The third-order valence-corrected chi connectivity index (χ3v) is 4.14. The predicted octanol–water partition coefficient (Wildman–Crippen LogP) is 2.44. The highest BCUT2D eigenvalue weighted by molar-refractivity contribution is 9.10. The van der Waals surface area contributed by atoms with E-state index < -0.39 is 0 Å². The van der Waals surface area contributed by atoms with Crippen molar-refractivity contribution in [1.29, 1.82) is 0 Å². The molecule has 1 aliphatic carbocycles. The van der Waals surface area contributed by atoms with Crippen molar-refractivity contribution in [3.05, 3.63) is 28.2 Å². The summed E-state index contributed by atoms with van der Waals surface area (Å²) in [5.41, 5.74) is 0.290. The van der Waals surface area contributed by atoms with Gasteiger partial charge in [-0.15, -0.1) is 0 Å². The first-order valence-electron chi connectivity index (χ1n) is 6.50. The van der Waals surface area contributed by atoms with Gasteiger partial charge in [-0.1, -0.05) is 15.9 Å². The number of hydrogen-bond acceptors (Lipinski definition) is 3. The molecule has 0 unspecified atom stereocenters. The first-order chi connectivity index (χ1) is 9.10. The maximum absolute atomic E-state index is 12.1. The van der Waals surface area contributed by atoms with Crippen molar-refractivity contribution in [2.75, 3.05) is 6.61 Å². The summed E-state index contributed by atoms with van der Waals surface area (Å²) < 4.78 is 0.763. The van der Waals surface area contributed by atoms with E-state index in [1.165, 1.54) is 6.07 Å². The third-order valence-electron chi connectivity index (χ3n) is 3.64. The number of nitrogens with one attached hydrogen (secondary N) is 1. The molecule has 1 fully saturated rings. The average molecular weight is 328 g/mol. The fourth-order valence-electron chi connectivity index (χ4n) is 2.44. The van der Waals surface area contributed by atoms with Gasteiger partial charge in [-0.2, -0.15) is 0 Å². The minimum Gasteiger partial charge on any atom is -0.507 e. The lowest BCUT2D eigenvalue weighted by Gasteiger charge is -2.28. The monoisotopic (exact) mass is 327 g/mol. The van der Waals surface area contributed by atoms with E-state index in [2.05, 4.69) is 21.2 Å². The van der Waals surface area contributed by atoms with Crippen molar-refractivity contribution >= 4 is 21.8 Å². The van der Waals surface area contributed by atoms with Gasteiger partial charge in [0, 0.05) is 17.1 Å². The summed E-state index contributed by atoms with van der Waals surface area (Å²) in [6.45, 7) is 0.229. The molecule has 5 heteroatoms. The summed E-state index contributed by atoms with van der Waals surface area (Å²) in [7, 11) is 0. The quantitative estimate of drug-likeness (QED) is 0.798. The first kappa shape index (κ1) is 14.3. The van der Waals surface area contributed by atoms with Crippen LogP contribution < -0.4 is 5.32 Å². The molecule has 0 atom stereocenters. The molecule has 0 spiro atoms.